The highest BCUT2D eigenvalue weighted by Gasteiger charge is 2.28. The average molecular weight is 369 g/mol. The van der Waals surface area contributed by atoms with Gasteiger partial charge in [-0.15, -0.1) is 0 Å². The minimum atomic E-state index is -3.15. The molecule has 1 unspecified atom stereocenters. The van der Waals surface area contributed by atoms with Gasteiger partial charge in [-0.25, -0.2) is 21.1 Å². The first-order chi connectivity index (χ1) is 10.7. The van der Waals surface area contributed by atoms with Crippen LogP contribution in [-0.2, 0) is 19.9 Å². The first kappa shape index (κ1) is 20.2. The summed E-state index contributed by atoms with van der Waals surface area (Å²) in [7, 11) is -4.52. The third-order valence-corrected chi connectivity index (χ3v) is 7.29. The summed E-state index contributed by atoms with van der Waals surface area (Å²) < 4.78 is 47.5. The lowest BCUT2D eigenvalue weighted by Gasteiger charge is -2.17. The van der Waals surface area contributed by atoms with Gasteiger partial charge in [0.15, 0.2) is 15.8 Å². The number of rotatable bonds is 8. The molecule has 0 saturated carbocycles. The fraction of sp³-hybridized carbons (Fsp3) is 0.923. The minimum absolute atomic E-state index is 0.0904. The molecule has 0 bridgehead atoms. The van der Waals surface area contributed by atoms with Crippen LogP contribution in [0.5, 0.6) is 0 Å². The highest BCUT2D eigenvalue weighted by atomic mass is 32.2. The van der Waals surface area contributed by atoms with Gasteiger partial charge in [0.25, 0.3) is 0 Å². The molecule has 1 aliphatic heterocycles. The molecule has 1 fully saturated rings. The van der Waals surface area contributed by atoms with E-state index in [1.54, 1.807) is 14.0 Å². The lowest BCUT2D eigenvalue weighted by Crippen LogP contribution is -2.44. The first-order valence-corrected chi connectivity index (χ1v) is 11.3. The van der Waals surface area contributed by atoms with Gasteiger partial charge >= 0.3 is 0 Å². The Kier molecular flexibility index (Phi) is 7.75. The third kappa shape index (κ3) is 7.05. The summed E-state index contributed by atoms with van der Waals surface area (Å²) in [6, 6.07) is -0.110. The number of guanidine groups is 1. The van der Waals surface area contributed by atoms with E-state index in [0.29, 0.717) is 38.4 Å². The van der Waals surface area contributed by atoms with Gasteiger partial charge < -0.3 is 10.6 Å². The van der Waals surface area contributed by atoms with Crippen LogP contribution in [0.4, 0.5) is 0 Å². The number of nitrogens with one attached hydrogen (secondary N) is 2. The van der Waals surface area contributed by atoms with E-state index in [0.717, 1.165) is 0 Å². The van der Waals surface area contributed by atoms with Crippen molar-refractivity contribution >= 4 is 25.8 Å². The molecule has 1 saturated heterocycles. The molecule has 0 aromatic heterocycles. The maximum atomic E-state index is 11.6. The van der Waals surface area contributed by atoms with Crippen LogP contribution in [-0.4, -0.2) is 77.1 Å². The summed E-state index contributed by atoms with van der Waals surface area (Å²) >= 11 is 0. The predicted molar refractivity (Wildman–Crippen MR) is 92.9 cm³/mol. The van der Waals surface area contributed by atoms with Crippen molar-refractivity contribution in [2.75, 3.05) is 43.9 Å². The zero-order chi connectivity index (χ0) is 17.5. The van der Waals surface area contributed by atoms with Crippen LogP contribution in [0.15, 0.2) is 4.99 Å². The second-order valence-corrected chi connectivity index (χ2v) is 10.2. The predicted octanol–water partition coefficient (Wildman–Crippen LogP) is -0.600. The Labute approximate surface area is 139 Å². The van der Waals surface area contributed by atoms with E-state index in [2.05, 4.69) is 15.6 Å². The van der Waals surface area contributed by atoms with E-state index in [-0.39, 0.29) is 23.3 Å². The summed E-state index contributed by atoms with van der Waals surface area (Å²) in [6.45, 7) is 5.11. The molecule has 0 aliphatic carbocycles. The maximum Gasteiger partial charge on any atom is 0.213 e. The van der Waals surface area contributed by atoms with Gasteiger partial charge in [0.1, 0.15) is 0 Å². The maximum absolute atomic E-state index is 11.6. The zero-order valence-electron chi connectivity index (χ0n) is 14.1. The molecule has 0 spiro atoms. The number of aliphatic imine (C=N–C) groups is 1. The van der Waals surface area contributed by atoms with Gasteiger partial charge in [-0.05, 0) is 26.7 Å². The second kappa shape index (κ2) is 8.84. The lowest BCUT2D eigenvalue weighted by molar-refractivity contribution is 0.464. The van der Waals surface area contributed by atoms with Crippen LogP contribution >= 0.6 is 0 Å². The van der Waals surface area contributed by atoms with Crippen LogP contribution in [0.25, 0.3) is 0 Å². The largest absolute Gasteiger partial charge is 0.357 e. The molecule has 23 heavy (non-hydrogen) atoms. The van der Waals surface area contributed by atoms with Crippen LogP contribution in [0.2, 0.25) is 0 Å². The van der Waals surface area contributed by atoms with Crippen LogP contribution < -0.4 is 10.6 Å². The Bertz CT molecular complexity index is 601. The number of hydrogen-bond acceptors (Lipinski definition) is 5. The Morgan fingerprint density at radius 3 is 2.57 bits per heavy atom. The van der Waals surface area contributed by atoms with E-state index in [1.807, 2.05) is 6.92 Å². The molecule has 1 heterocycles. The van der Waals surface area contributed by atoms with E-state index in [9.17, 15) is 16.8 Å². The van der Waals surface area contributed by atoms with E-state index < -0.39 is 19.9 Å². The van der Waals surface area contributed by atoms with Gasteiger partial charge in [0.05, 0.1) is 17.3 Å². The van der Waals surface area contributed by atoms with Crippen LogP contribution in [0.3, 0.4) is 0 Å². The summed E-state index contributed by atoms with van der Waals surface area (Å²) in [6.07, 6.45) is 1.19. The minimum Gasteiger partial charge on any atom is -0.357 e. The molecule has 0 aromatic carbocycles. The Hall–Kier alpha value is -0.870. The van der Waals surface area contributed by atoms with Gasteiger partial charge in [-0.3, -0.25) is 4.99 Å². The summed E-state index contributed by atoms with van der Waals surface area (Å²) in [5.74, 6) is 1.02. The fourth-order valence-electron chi connectivity index (χ4n) is 2.27. The van der Waals surface area contributed by atoms with Gasteiger partial charge in [-0.1, -0.05) is 0 Å². The summed E-state index contributed by atoms with van der Waals surface area (Å²) in [4.78, 5) is 4.38. The smallest absolute Gasteiger partial charge is 0.213 e. The molecule has 8 nitrogen and oxygen atoms in total. The monoisotopic (exact) mass is 368 g/mol. The quantitative estimate of drug-likeness (QED) is 0.336. The van der Waals surface area contributed by atoms with Gasteiger partial charge in [0.2, 0.25) is 10.0 Å². The van der Waals surface area contributed by atoms with Crippen molar-refractivity contribution in [3.8, 4) is 0 Å². The molecular weight excluding hydrogens is 340 g/mol. The number of hydrogen-bond donors (Lipinski definition) is 2. The molecule has 0 amide bonds. The Morgan fingerprint density at radius 2 is 2.04 bits per heavy atom. The van der Waals surface area contributed by atoms with Crippen molar-refractivity contribution in [2.45, 2.75) is 32.7 Å². The number of nitrogens with zero attached hydrogens (tertiary/aromatic N) is 2. The van der Waals surface area contributed by atoms with Gasteiger partial charge in [-0.2, -0.15) is 0 Å². The highest BCUT2D eigenvalue weighted by molar-refractivity contribution is 7.91. The molecule has 0 aromatic rings. The van der Waals surface area contributed by atoms with Crippen LogP contribution in [0, 0.1) is 0 Å². The average Bonchev–Trinajstić information content (AvgIpc) is 2.82. The highest BCUT2D eigenvalue weighted by Crippen LogP contribution is 2.11. The molecule has 2 N–H and O–H groups in total. The van der Waals surface area contributed by atoms with E-state index >= 15 is 0 Å². The summed E-state index contributed by atoms with van der Waals surface area (Å²) in [5.41, 5.74) is 0. The fourth-order valence-corrected chi connectivity index (χ4v) is 4.79. The zero-order valence-corrected chi connectivity index (χ0v) is 15.7. The van der Waals surface area contributed by atoms with Crippen molar-refractivity contribution in [3.63, 3.8) is 0 Å². The molecule has 1 atom stereocenters. The molecule has 10 heteroatoms. The Morgan fingerprint density at radius 1 is 1.35 bits per heavy atom. The molecular formula is C13H28N4O4S2. The van der Waals surface area contributed by atoms with Crippen molar-refractivity contribution in [3.05, 3.63) is 0 Å². The van der Waals surface area contributed by atoms with Crippen molar-refractivity contribution in [2.24, 2.45) is 4.99 Å². The lowest BCUT2D eigenvalue weighted by atomic mass is 10.3. The standard InChI is InChI=1S/C13H28N4O4S2/c1-4-14-13(16-12-7-10-22(18,19)11-12)15-8-6-9-17(3)23(20,21)5-2/h12H,4-11H2,1-3H3,(H2,14,15,16). The van der Waals surface area contributed by atoms with Crippen molar-refractivity contribution < 1.29 is 16.8 Å². The van der Waals surface area contributed by atoms with Crippen LogP contribution in [0.1, 0.15) is 26.7 Å². The molecule has 0 radical (unpaired) electrons. The topological polar surface area (TPSA) is 108 Å². The number of sulfone groups is 1. The number of sulfonamides is 1. The second-order valence-electron chi connectivity index (χ2n) is 5.58. The molecule has 1 rings (SSSR count). The molecule has 1 aliphatic rings. The van der Waals surface area contributed by atoms with Gasteiger partial charge in [0, 0.05) is 32.7 Å². The first-order valence-electron chi connectivity index (χ1n) is 7.89. The van der Waals surface area contributed by atoms with Crippen molar-refractivity contribution in [1.29, 1.82) is 0 Å². The van der Waals surface area contributed by atoms with E-state index in [1.165, 1.54) is 4.31 Å². The third-order valence-electron chi connectivity index (χ3n) is 3.66. The van der Waals surface area contributed by atoms with Crippen molar-refractivity contribution in [1.82, 2.24) is 14.9 Å². The summed E-state index contributed by atoms with van der Waals surface area (Å²) in [5, 5.41) is 6.21. The van der Waals surface area contributed by atoms with E-state index in [4.69, 9.17) is 0 Å². The Balaban J connectivity index is 2.46. The normalized spacial score (nSPS) is 21.6. The SMILES string of the molecule is CCNC(=NCCCN(C)S(=O)(=O)CC)NC1CCS(=O)(=O)C1. The molecule has 136 valence electrons.